The summed E-state index contributed by atoms with van der Waals surface area (Å²) in [7, 11) is 0. The van der Waals surface area contributed by atoms with E-state index in [1.807, 2.05) is 26.0 Å². The zero-order valence-electron chi connectivity index (χ0n) is 12.0. The Morgan fingerprint density at radius 1 is 1.60 bits per heavy atom. The number of rotatable bonds is 4. The smallest absolute Gasteiger partial charge is 0.161 e. The highest BCUT2D eigenvalue weighted by Crippen LogP contribution is 2.29. The molecule has 0 saturated carbocycles. The van der Waals surface area contributed by atoms with Crippen molar-refractivity contribution in [2.24, 2.45) is 0 Å². The van der Waals surface area contributed by atoms with Gasteiger partial charge in [-0.05, 0) is 19.5 Å². The summed E-state index contributed by atoms with van der Waals surface area (Å²) in [5.74, 6) is 0.288. The number of ether oxygens (including phenoxy) is 1. The summed E-state index contributed by atoms with van der Waals surface area (Å²) in [6.07, 6.45) is -0.397. The predicted molar refractivity (Wildman–Crippen MR) is 77.8 cm³/mol. The topological polar surface area (TPSA) is 68.5 Å². The molecule has 0 aromatic heterocycles. The Morgan fingerprint density at radius 2 is 2.40 bits per heavy atom. The van der Waals surface area contributed by atoms with Crippen molar-refractivity contribution in [3.8, 4) is 11.8 Å². The lowest BCUT2D eigenvalue weighted by Crippen LogP contribution is -2.41. The molecule has 1 heterocycles. The fourth-order valence-electron chi connectivity index (χ4n) is 2.47. The van der Waals surface area contributed by atoms with E-state index in [0.29, 0.717) is 13.2 Å². The van der Waals surface area contributed by atoms with Crippen LogP contribution in [0.1, 0.15) is 25.5 Å². The zero-order chi connectivity index (χ0) is 14.5. The van der Waals surface area contributed by atoms with Gasteiger partial charge in [-0.2, -0.15) is 5.26 Å². The van der Waals surface area contributed by atoms with Crippen molar-refractivity contribution in [2.45, 2.75) is 26.0 Å². The van der Waals surface area contributed by atoms with E-state index in [1.54, 1.807) is 6.07 Å². The molecule has 1 aliphatic heterocycles. The molecule has 0 spiro atoms. The number of hydrogen-bond acceptors (Lipinski definition) is 5. The number of benzene rings is 1. The number of nitrogens with one attached hydrogen (secondary N) is 1. The van der Waals surface area contributed by atoms with E-state index >= 15 is 0 Å². The van der Waals surface area contributed by atoms with Crippen LogP contribution in [0.25, 0.3) is 0 Å². The molecule has 0 aliphatic carbocycles. The molecule has 20 heavy (non-hydrogen) atoms. The Labute approximate surface area is 119 Å². The summed E-state index contributed by atoms with van der Waals surface area (Å²) in [4.78, 5) is 2.07. The molecule has 1 aliphatic rings. The third kappa shape index (κ3) is 3.21. The Morgan fingerprint density at radius 3 is 3.05 bits per heavy atom. The molecule has 1 aromatic rings. The minimum atomic E-state index is -0.397. The molecule has 2 atom stereocenters. The van der Waals surface area contributed by atoms with Crippen molar-refractivity contribution in [1.82, 2.24) is 5.32 Å². The summed E-state index contributed by atoms with van der Waals surface area (Å²) >= 11 is 0. The second-order valence-electron chi connectivity index (χ2n) is 4.96. The fourth-order valence-corrected chi connectivity index (χ4v) is 2.47. The highest BCUT2D eigenvalue weighted by atomic mass is 16.5. The lowest BCUT2D eigenvalue weighted by atomic mass is 10.1. The zero-order valence-corrected chi connectivity index (χ0v) is 12.0. The quantitative estimate of drug-likeness (QED) is 0.877. The summed E-state index contributed by atoms with van der Waals surface area (Å²) < 4.78 is 5.33. The number of morpholine rings is 1. The molecule has 1 fully saturated rings. The second kappa shape index (κ2) is 6.60. The average molecular weight is 275 g/mol. The highest BCUT2D eigenvalue weighted by Gasteiger charge is 2.21. The van der Waals surface area contributed by atoms with Crippen LogP contribution in [0.4, 0.5) is 5.69 Å². The first kappa shape index (κ1) is 14.6. The minimum Gasteiger partial charge on any atom is -0.508 e. The van der Waals surface area contributed by atoms with Crippen LogP contribution in [0.2, 0.25) is 0 Å². The standard InChI is InChI=1S/C15H21N3O2/c1-3-17-11(2)14-5-4-12(8-15(14)19)18-6-7-20-13(9-16)10-18/h4-5,8,11,13,17,19H,3,6-7,10H2,1-2H3. The first-order chi connectivity index (χ1) is 9.65. The van der Waals surface area contributed by atoms with Crippen molar-refractivity contribution in [2.75, 3.05) is 31.1 Å². The summed E-state index contributed by atoms with van der Waals surface area (Å²) in [5, 5.41) is 22.4. The van der Waals surface area contributed by atoms with E-state index in [9.17, 15) is 5.11 Å². The normalized spacial score (nSPS) is 20.4. The molecule has 0 radical (unpaired) electrons. The van der Waals surface area contributed by atoms with Crippen LogP contribution in [0.3, 0.4) is 0 Å². The molecule has 1 saturated heterocycles. The summed E-state index contributed by atoms with van der Waals surface area (Å²) in [6.45, 7) is 6.73. The average Bonchev–Trinajstić information content (AvgIpc) is 2.47. The maximum Gasteiger partial charge on any atom is 0.161 e. The Bertz CT molecular complexity index is 498. The van der Waals surface area contributed by atoms with E-state index < -0.39 is 6.10 Å². The van der Waals surface area contributed by atoms with Gasteiger partial charge in [0.25, 0.3) is 0 Å². The third-order valence-electron chi connectivity index (χ3n) is 3.57. The van der Waals surface area contributed by atoms with Gasteiger partial charge < -0.3 is 20.1 Å². The molecule has 2 N–H and O–H groups in total. The monoisotopic (exact) mass is 275 g/mol. The molecule has 5 nitrogen and oxygen atoms in total. The molecule has 0 amide bonds. The van der Waals surface area contributed by atoms with E-state index in [-0.39, 0.29) is 11.8 Å². The largest absolute Gasteiger partial charge is 0.508 e. The number of anilines is 1. The van der Waals surface area contributed by atoms with Gasteiger partial charge in [-0.1, -0.05) is 13.0 Å². The lowest BCUT2D eigenvalue weighted by Gasteiger charge is -2.32. The first-order valence-corrected chi connectivity index (χ1v) is 6.98. The molecule has 0 bridgehead atoms. The van der Waals surface area contributed by atoms with Gasteiger partial charge >= 0.3 is 0 Å². The van der Waals surface area contributed by atoms with Gasteiger partial charge in [-0.3, -0.25) is 0 Å². The van der Waals surface area contributed by atoms with Crippen LogP contribution >= 0.6 is 0 Å². The molecule has 2 unspecified atom stereocenters. The SMILES string of the molecule is CCNC(C)c1ccc(N2CCOC(C#N)C2)cc1O. The van der Waals surface area contributed by atoms with Gasteiger partial charge in [0.2, 0.25) is 0 Å². The van der Waals surface area contributed by atoms with Crippen LogP contribution in [0, 0.1) is 11.3 Å². The number of nitrogens with zero attached hydrogens (tertiary/aromatic N) is 2. The number of phenols is 1. The van der Waals surface area contributed by atoms with Crippen molar-refractivity contribution < 1.29 is 9.84 Å². The number of hydrogen-bond donors (Lipinski definition) is 2. The minimum absolute atomic E-state index is 0.116. The van der Waals surface area contributed by atoms with Gasteiger partial charge in [-0.15, -0.1) is 0 Å². The third-order valence-corrected chi connectivity index (χ3v) is 3.57. The summed E-state index contributed by atoms with van der Waals surface area (Å²) in [6, 6.07) is 7.94. The number of phenolic OH excluding ortho intramolecular Hbond substituents is 1. The maximum atomic E-state index is 10.2. The van der Waals surface area contributed by atoms with E-state index in [1.165, 1.54) is 0 Å². The van der Waals surface area contributed by atoms with Crippen molar-refractivity contribution in [3.63, 3.8) is 0 Å². The van der Waals surface area contributed by atoms with Crippen LogP contribution in [0.5, 0.6) is 5.75 Å². The van der Waals surface area contributed by atoms with Crippen LogP contribution in [-0.2, 0) is 4.74 Å². The molecule has 5 heteroatoms. The van der Waals surface area contributed by atoms with Crippen LogP contribution < -0.4 is 10.2 Å². The van der Waals surface area contributed by atoms with Crippen molar-refractivity contribution >= 4 is 5.69 Å². The molecule has 108 valence electrons. The Kier molecular flexibility index (Phi) is 4.83. The maximum absolute atomic E-state index is 10.2. The van der Waals surface area contributed by atoms with E-state index in [0.717, 1.165) is 24.3 Å². The molecular weight excluding hydrogens is 254 g/mol. The van der Waals surface area contributed by atoms with Crippen molar-refractivity contribution in [1.29, 1.82) is 5.26 Å². The highest BCUT2D eigenvalue weighted by molar-refractivity contribution is 5.54. The van der Waals surface area contributed by atoms with E-state index in [4.69, 9.17) is 10.00 Å². The molecule has 2 rings (SSSR count). The van der Waals surface area contributed by atoms with Gasteiger partial charge in [-0.25, -0.2) is 0 Å². The fraction of sp³-hybridized carbons (Fsp3) is 0.533. The molecule has 1 aromatic carbocycles. The Balaban J connectivity index is 2.14. The van der Waals surface area contributed by atoms with Gasteiger partial charge in [0.05, 0.1) is 19.2 Å². The predicted octanol–water partition coefficient (Wildman–Crippen LogP) is 1.79. The molecular formula is C15H21N3O2. The number of nitriles is 1. The summed E-state index contributed by atoms with van der Waals surface area (Å²) in [5.41, 5.74) is 1.82. The van der Waals surface area contributed by atoms with Crippen molar-refractivity contribution in [3.05, 3.63) is 23.8 Å². The van der Waals surface area contributed by atoms with E-state index in [2.05, 4.69) is 16.3 Å². The van der Waals surface area contributed by atoms with Gasteiger partial charge in [0, 0.05) is 29.9 Å². The lowest BCUT2D eigenvalue weighted by molar-refractivity contribution is 0.0764. The van der Waals surface area contributed by atoms with Gasteiger partial charge in [0.15, 0.2) is 6.10 Å². The van der Waals surface area contributed by atoms with Crippen LogP contribution in [-0.4, -0.2) is 37.5 Å². The van der Waals surface area contributed by atoms with Crippen LogP contribution in [0.15, 0.2) is 18.2 Å². The second-order valence-corrected chi connectivity index (χ2v) is 4.96. The first-order valence-electron chi connectivity index (χ1n) is 6.98. The number of aromatic hydroxyl groups is 1. The van der Waals surface area contributed by atoms with Gasteiger partial charge in [0.1, 0.15) is 5.75 Å². The Hall–Kier alpha value is -1.77.